The molecule has 2 N–H and O–H groups in total. The van der Waals surface area contributed by atoms with Gasteiger partial charge in [-0.2, -0.15) is 5.10 Å². The van der Waals surface area contributed by atoms with Crippen molar-refractivity contribution in [1.82, 2.24) is 9.78 Å². The van der Waals surface area contributed by atoms with Crippen LogP contribution in [0.4, 0.5) is 5.69 Å². The topological polar surface area (TPSA) is 70.1 Å². The molecular weight excluding hydrogens is 310 g/mol. The van der Waals surface area contributed by atoms with Crippen molar-refractivity contribution >= 4 is 35.0 Å². The molecule has 0 saturated carbocycles. The first-order chi connectivity index (χ1) is 10.0. The van der Waals surface area contributed by atoms with Crippen LogP contribution >= 0.6 is 23.4 Å². The van der Waals surface area contributed by atoms with Gasteiger partial charge >= 0.3 is 5.97 Å². The number of benzene rings is 1. The number of nitrogens with zero attached hydrogens (tertiary/aromatic N) is 2. The summed E-state index contributed by atoms with van der Waals surface area (Å²) < 4.78 is 6.70. The van der Waals surface area contributed by atoms with Crippen LogP contribution < -0.4 is 5.73 Å². The quantitative estimate of drug-likeness (QED) is 0.519. The summed E-state index contributed by atoms with van der Waals surface area (Å²) >= 11 is 7.64. The predicted octanol–water partition coefficient (Wildman–Crippen LogP) is 3.12. The number of aryl methyl sites for hydroxylation is 1. The van der Waals surface area contributed by atoms with E-state index >= 15 is 0 Å². The van der Waals surface area contributed by atoms with Gasteiger partial charge in [0.05, 0.1) is 23.5 Å². The number of anilines is 1. The van der Waals surface area contributed by atoms with Gasteiger partial charge in [-0.3, -0.25) is 4.68 Å². The van der Waals surface area contributed by atoms with E-state index in [-0.39, 0.29) is 5.97 Å². The molecule has 0 spiro atoms. The second-order valence-electron chi connectivity index (χ2n) is 4.33. The SMILES string of the molecule is CCOC(=O)c1cnn(C)c1CSc1cc(N)ccc1Cl. The predicted molar refractivity (Wildman–Crippen MR) is 84.6 cm³/mol. The molecule has 1 aromatic heterocycles. The van der Waals surface area contributed by atoms with Gasteiger partial charge in [-0.25, -0.2) is 4.79 Å². The molecule has 112 valence electrons. The molecule has 0 unspecified atom stereocenters. The first kappa shape index (κ1) is 15.7. The Morgan fingerprint density at radius 3 is 3.00 bits per heavy atom. The lowest BCUT2D eigenvalue weighted by Gasteiger charge is -2.08. The molecule has 0 radical (unpaired) electrons. The van der Waals surface area contributed by atoms with Crippen molar-refractivity contribution in [1.29, 1.82) is 0 Å². The molecule has 7 heteroatoms. The number of aromatic nitrogens is 2. The largest absolute Gasteiger partial charge is 0.462 e. The van der Waals surface area contributed by atoms with Crippen LogP contribution in [0.5, 0.6) is 0 Å². The van der Waals surface area contributed by atoms with Gasteiger partial charge in [0.15, 0.2) is 0 Å². The molecule has 1 heterocycles. The maximum absolute atomic E-state index is 11.9. The van der Waals surface area contributed by atoms with Crippen LogP contribution in [-0.4, -0.2) is 22.4 Å². The van der Waals surface area contributed by atoms with E-state index < -0.39 is 0 Å². The first-order valence-electron chi connectivity index (χ1n) is 6.38. The van der Waals surface area contributed by atoms with Crippen molar-refractivity contribution in [3.63, 3.8) is 0 Å². The number of ether oxygens (including phenoxy) is 1. The number of halogens is 1. The Balaban J connectivity index is 2.18. The van der Waals surface area contributed by atoms with Crippen molar-refractivity contribution in [3.8, 4) is 0 Å². The van der Waals surface area contributed by atoms with E-state index in [1.807, 2.05) is 6.07 Å². The molecule has 0 amide bonds. The smallest absolute Gasteiger partial charge is 0.341 e. The fraction of sp³-hybridized carbons (Fsp3) is 0.286. The van der Waals surface area contributed by atoms with Crippen LogP contribution in [0.2, 0.25) is 5.02 Å². The van der Waals surface area contributed by atoms with Crippen molar-refractivity contribution in [2.75, 3.05) is 12.3 Å². The second-order valence-corrected chi connectivity index (χ2v) is 5.75. The average Bonchev–Trinajstić information content (AvgIpc) is 2.81. The lowest BCUT2D eigenvalue weighted by Crippen LogP contribution is -2.08. The van der Waals surface area contributed by atoms with E-state index in [4.69, 9.17) is 22.1 Å². The minimum Gasteiger partial charge on any atom is -0.462 e. The van der Waals surface area contributed by atoms with Crippen LogP contribution in [0.1, 0.15) is 23.0 Å². The van der Waals surface area contributed by atoms with Crippen LogP contribution in [0.15, 0.2) is 29.3 Å². The number of nitrogens with two attached hydrogens (primary N) is 1. The molecular formula is C14H16ClN3O2S. The fourth-order valence-corrected chi connectivity index (χ4v) is 3.13. The van der Waals surface area contributed by atoms with E-state index in [0.717, 1.165) is 10.6 Å². The van der Waals surface area contributed by atoms with Gasteiger partial charge in [-0.1, -0.05) is 11.6 Å². The van der Waals surface area contributed by atoms with Crippen molar-refractivity contribution in [2.24, 2.45) is 7.05 Å². The number of hydrogen-bond acceptors (Lipinski definition) is 5. The summed E-state index contributed by atoms with van der Waals surface area (Å²) in [6, 6.07) is 5.32. The Morgan fingerprint density at radius 1 is 1.52 bits per heavy atom. The van der Waals surface area contributed by atoms with Gasteiger partial charge in [0, 0.05) is 23.4 Å². The molecule has 0 fully saturated rings. The molecule has 0 aliphatic rings. The summed E-state index contributed by atoms with van der Waals surface area (Å²) in [6.45, 7) is 2.11. The fourth-order valence-electron chi connectivity index (χ4n) is 1.79. The van der Waals surface area contributed by atoms with Crippen LogP contribution in [0.3, 0.4) is 0 Å². The number of carbonyl (C=O) groups is 1. The molecule has 0 aliphatic carbocycles. The summed E-state index contributed by atoms with van der Waals surface area (Å²) in [5.74, 6) is 0.188. The summed E-state index contributed by atoms with van der Waals surface area (Å²) in [4.78, 5) is 12.7. The number of esters is 1. The van der Waals surface area contributed by atoms with Crippen molar-refractivity contribution < 1.29 is 9.53 Å². The van der Waals surface area contributed by atoms with Gasteiger partial charge in [0.25, 0.3) is 0 Å². The molecule has 0 atom stereocenters. The molecule has 0 saturated heterocycles. The Labute approximate surface area is 132 Å². The zero-order valence-corrected chi connectivity index (χ0v) is 13.4. The molecule has 5 nitrogen and oxygen atoms in total. The third kappa shape index (κ3) is 3.71. The highest BCUT2D eigenvalue weighted by molar-refractivity contribution is 7.98. The average molecular weight is 326 g/mol. The zero-order chi connectivity index (χ0) is 15.4. The first-order valence-corrected chi connectivity index (χ1v) is 7.75. The summed E-state index contributed by atoms with van der Waals surface area (Å²) in [7, 11) is 1.79. The van der Waals surface area contributed by atoms with Gasteiger partial charge in [-0.15, -0.1) is 11.8 Å². The van der Waals surface area contributed by atoms with Crippen LogP contribution in [0, 0.1) is 0 Å². The van der Waals surface area contributed by atoms with Gasteiger partial charge in [-0.05, 0) is 25.1 Å². The molecule has 2 rings (SSSR count). The maximum Gasteiger partial charge on any atom is 0.341 e. The summed E-state index contributed by atoms with van der Waals surface area (Å²) in [6.07, 6.45) is 1.52. The molecule has 2 aromatic rings. The standard InChI is InChI=1S/C14H16ClN3O2S/c1-3-20-14(19)10-7-17-18(2)12(10)8-21-13-6-9(16)4-5-11(13)15/h4-7H,3,8,16H2,1-2H3. The molecule has 1 aromatic carbocycles. The van der Waals surface area contributed by atoms with Crippen LogP contribution in [-0.2, 0) is 17.5 Å². The number of thioether (sulfide) groups is 1. The minimum absolute atomic E-state index is 0.335. The van der Waals surface area contributed by atoms with E-state index in [0.29, 0.717) is 28.6 Å². The van der Waals surface area contributed by atoms with Gasteiger partial charge < -0.3 is 10.5 Å². The second kappa shape index (κ2) is 6.87. The Kier molecular flexibility index (Phi) is 5.14. The van der Waals surface area contributed by atoms with E-state index in [1.165, 1.54) is 18.0 Å². The van der Waals surface area contributed by atoms with E-state index in [2.05, 4.69) is 5.10 Å². The highest BCUT2D eigenvalue weighted by Gasteiger charge is 2.17. The number of carbonyl (C=O) groups excluding carboxylic acids is 1. The molecule has 21 heavy (non-hydrogen) atoms. The lowest BCUT2D eigenvalue weighted by atomic mass is 10.3. The summed E-state index contributed by atoms with van der Waals surface area (Å²) in [5, 5.41) is 4.75. The highest BCUT2D eigenvalue weighted by Crippen LogP contribution is 2.32. The third-order valence-electron chi connectivity index (χ3n) is 2.88. The normalized spacial score (nSPS) is 10.6. The highest BCUT2D eigenvalue weighted by atomic mass is 35.5. The van der Waals surface area contributed by atoms with Gasteiger partial charge in [0.2, 0.25) is 0 Å². The minimum atomic E-state index is -0.361. The third-order valence-corrected chi connectivity index (χ3v) is 4.38. The van der Waals surface area contributed by atoms with Crippen molar-refractivity contribution in [3.05, 3.63) is 40.7 Å². The molecule has 0 bridgehead atoms. The summed E-state index contributed by atoms with van der Waals surface area (Å²) in [5.41, 5.74) is 7.68. The molecule has 0 aliphatic heterocycles. The maximum atomic E-state index is 11.9. The van der Waals surface area contributed by atoms with Crippen LogP contribution in [0.25, 0.3) is 0 Å². The lowest BCUT2D eigenvalue weighted by molar-refractivity contribution is 0.0525. The van der Waals surface area contributed by atoms with E-state index in [1.54, 1.807) is 30.8 Å². The Hall–Kier alpha value is -1.66. The zero-order valence-electron chi connectivity index (χ0n) is 11.8. The van der Waals surface area contributed by atoms with E-state index in [9.17, 15) is 4.79 Å². The monoisotopic (exact) mass is 325 g/mol. The van der Waals surface area contributed by atoms with Gasteiger partial charge in [0.1, 0.15) is 5.56 Å². The van der Waals surface area contributed by atoms with Crippen molar-refractivity contribution in [2.45, 2.75) is 17.6 Å². The number of hydrogen-bond donors (Lipinski definition) is 1. The number of rotatable bonds is 5. The number of nitrogen functional groups attached to an aromatic ring is 1. The Bertz CT molecular complexity index is 658. The Morgan fingerprint density at radius 2 is 2.29 bits per heavy atom.